The van der Waals surface area contributed by atoms with Crippen LogP contribution < -0.4 is 5.32 Å². The van der Waals surface area contributed by atoms with Crippen molar-refractivity contribution in [2.75, 3.05) is 27.2 Å². The number of carbonyl (C=O) groups is 1. The van der Waals surface area contributed by atoms with Crippen molar-refractivity contribution in [3.8, 4) is 0 Å². The summed E-state index contributed by atoms with van der Waals surface area (Å²) in [5.74, 6) is 1.61. The van der Waals surface area contributed by atoms with Crippen LogP contribution in [0.3, 0.4) is 0 Å². The molecule has 0 radical (unpaired) electrons. The summed E-state index contributed by atoms with van der Waals surface area (Å²) in [6.07, 6.45) is 6.27. The third-order valence-corrected chi connectivity index (χ3v) is 7.62. The smallest absolute Gasteiger partial charge is 0.281 e. The van der Waals surface area contributed by atoms with Gasteiger partial charge in [0.25, 0.3) is 10.2 Å². The second-order valence-electron chi connectivity index (χ2n) is 7.25. The van der Waals surface area contributed by atoms with Crippen LogP contribution in [0.15, 0.2) is 0 Å². The molecule has 3 rings (SSSR count). The van der Waals surface area contributed by atoms with Gasteiger partial charge in [-0.2, -0.15) is 17.0 Å². The number of hydrogen-bond acceptors (Lipinski definition) is 3. The van der Waals surface area contributed by atoms with Gasteiger partial charge >= 0.3 is 0 Å². The lowest BCUT2D eigenvalue weighted by Crippen LogP contribution is -2.48. The van der Waals surface area contributed by atoms with Gasteiger partial charge in [-0.25, -0.2) is 0 Å². The molecule has 3 fully saturated rings. The molecule has 3 aliphatic rings. The van der Waals surface area contributed by atoms with Crippen molar-refractivity contribution in [2.45, 2.75) is 44.6 Å². The molecule has 2 bridgehead atoms. The Balaban J connectivity index is 1.50. The van der Waals surface area contributed by atoms with E-state index in [1.54, 1.807) is 14.1 Å². The molecule has 0 aromatic rings. The van der Waals surface area contributed by atoms with E-state index in [9.17, 15) is 13.2 Å². The van der Waals surface area contributed by atoms with Crippen LogP contribution in [0, 0.1) is 17.8 Å². The molecule has 22 heavy (non-hydrogen) atoms. The fourth-order valence-electron chi connectivity index (χ4n) is 4.30. The van der Waals surface area contributed by atoms with E-state index in [0.29, 0.717) is 37.9 Å². The van der Waals surface area contributed by atoms with Crippen molar-refractivity contribution >= 4 is 16.1 Å². The van der Waals surface area contributed by atoms with Crippen molar-refractivity contribution in [2.24, 2.45) is 17.8 Å². The summed E-state index contributed by atoms with van der Waals surface area (Å²) >= 11 is 0. The van der Waals surface area contributed by atoms with Crippen LogP contribution in [0.1, 0.15) is 38.5 Å². The van der Waals surface area contributed by atoms with Gasteiger partial charge in [0, 0.05) is 39.1 Å². The quantitative estimate of drug-likeness (QED) is 0.830. The zero-order valence-electron chi connectivity index (χ0n) is 13.5. The molecule has 1 aliphatic heterocycles. The summed E-state index contributed by atoms with van der Waals surface area (Å²) < 4.78 is 26.9. The molecule has 1 saturated heterocycles. The number of piperidine rings is 1. The molecule has 0 spiro atoms. The van der Waals surface area contributed by atoms with Crippen LogP contribution in [0.4, 0.5) is 0 Å². The number of nitrogens with zero attached hydrogens (tertiary/aromatic N) is 2. The van der Waals surface area contributed by atoms with Gasteiger partial charge in [0.2, 0.25) is 5.91 Å². The topological polar surface area (TPSA) is 69.7 Å². The van der Waals surface area contributed by atoms with Gasteiger partial charge in [0.1, 0.15) is 0 Å². The second kappa shape index (κ2) is 6.09. The Labute approximate surface area is 133 Å². The summed E-state index contributed by atoms with van der Waals surface area (Å²) in [5.41, 5.74) is 0. The van der Waals surface area contributed by atoms with Gasteiger partial charge in [-0.1, -0.05) is 6.42 Å². The number of hydrogen-bond donors (Lipinski definition) is 1. The number of rotatable bonds is 4. The molecule has 0 aromatic heterocycles. The lowest BCUT2D eigenvalue weighted by molar-refractivity contribution is -0.127. The molecular formula is C15H27N3O3S. The Morgan fingerprint density at radius 1 is 1.09 bits per heavy atom. The second-order valence-corrected chi connectivity index (χ2v) is 9.40. The standard InChI is InChI=1S/C15H27N3O3S/c1-17(2)22(20,21)18-7-5-12(6-8-18)15(19)16-14-10-11-3-4-13(14)9-11/h11-14H,3-10H2,1-2H3,(H,16,19)/t11-,13-,14+/m0/s1. The molecule has 2 aliphatic carbocycles. The van der Waals surface area contributed by atoms with E-state index >= 15 is 0 Å². The minimum atomic E-state index is -3.34. The highest BCUT2D eigenvalue weighted by Gasteiger charge is 2.41. The van der Waals surface area contributed by atoms with Crippen molar-refractivity contribution in [3.05, 3.63) is 0 Å². The van der Waals surface area contributed by atoms with Crippen LogP contribution in [-0.4, -0.2) is 56.2 Å². The Kier molecular flexibility index (Phi) is 4.49. The van der Waals surface area contributed by atoms with Gasteiger partial charge in [-0.05, 0) is 43.9 Å². The first-order valence-electron chi connectivity index (χ1n) is 8.36. The molecule has 2 saturated carbocycles. The lowest BCUT2D eigenvalue weighted by atomic mass is 9.93. The zero-order chi connectivity index (χ0) is 15.9. The maximum atomic E-state index is 12.4. The molecule has 0 aromatic carbocycles. The van der Waals surface area contributed by atoms with Crippen LogP contribution in [0.5, 0.6) is 0 Å². The largest absolute Gasteiger partial charge is 0.353 e. The summed E-state index contributed by atoms with van der Waals surface area (Å²) in [6, 6.07) is 0.370. The first-order chi connectivity index (χ1) is 10.4. The molecule has 126 valence electrons. The van der Waals surface area contributed by atoms with Gasteiger partial charge in [0.05, 0.1) is 0 Å². The minimum Gasteiger partial charge on any atom is -0.353 e. The number of amides is 1. The van der Waals surface area contributed by atoms with Crippen molar-refractivity contribution in [3.63, 3.8) is 0 Å². The van der Waals surface area contributed by atoms with E-state index in [1.807, 2.05) is 0 Å². The average Bonchev–Trinajstić information content (AvgIpc) is 3.09. The molecule has 7 heteroatoms. The average molecular weight is 329 g/mol. The van der Waals surface area contributed by atoms with Crippen molar-refractivity contribution < 1.29 is 13.2 Å². The highest BCUT2D eigenvalue weighted by Crippen LogP contribution is 2.44. The molecular weight excluding hydrogens is 302 g/mol. The Hall–Kier alpha value is -0.660. The van der Waals surface area contributed by atoms with Crippen molar-refractivity contribution in [1.29, 1.82) is 0 Å². The maximum absolute atomic E-state index is 12.4. The minimum absolute atomic E-state index is 0.0345. The third-order valence-electron chi connectivity index (χ3n) is 5.68. The van der Waals surface area contributed by atoms with Gasteiger partial charge in [-0.15, -0.1) is 0 Å². The first kappa shape index (κ1) is 16.2. The summed E-state index contributed by atoms with van der Waals surface area (Å²) in [7, 11) is -0.254. The molecule has 3 atom stereocenters. The predicted octanol–water partition coefficient (Wildman–Crippen LogP) is 0.810. The Morgan fingerprint density at radius 2 is 1.77 bits per heavy atom. The van der Waals surface area contributed by atoms with E-state index in [4.69, 9.17) is 0 Å². The molecule has 1 heterocycles. The molecule has 6 nitrogen and oxygen atoms in total. The molecule has 0 unspecified atom stereocenters. The summed E-state index contributed by atoms with van der Waals surface area (Å²) in [4.78, 5) is 12.4. The normalized spacial score (nSPS) is 33.5. The Bertz CT molecular complexity index is 526. The maximum Gasteiger partial charge on any atom is 0.281 e. The SMILES string of the molecule is CN(C)S(=O)(=O)N1CCC(C(=O)N[C@@H]2C[C@H]3CC[C@H]2C3)CC1. The zero-order valence-corrected chi connectivity index (χ0v) is 14.3. The van der Waals surface area contributed by atoms with E-state index < -0.39 is 10.2 Å². The van der Waals surface area contributed by atoms with Gasteiger partial charge < -0.3 is 5.32 Å². The number of nitrogens with one attached hydrogen (secondary N) is 1. The predicted molar refractivity (Wildman–Crippen MR) is 84.3 cm³/mol. The highest BCUT2D eigenvalue weighted by atomic mass is 32.2. The monoisotopic (exact) mass is 329 g/mol. The van der Waals surface area contributed by atoms with Crippen LogP contribution in [-0.2, 0) is 15.0 Å². The van der Waals surface area contributed by atoms with Crippen LogP contribution in [0.25, 0.3) is 0 Å². The van der Waals surface area contributed by atoms with Gasteiger partial charge in [-0.3, -0.25) is 4.79 Å². The summed E-state index contributed by atoms with van der Waals surface area (Å²) in [5, 5.41) is 3.24. The van der Waals surface area contributed by atoms with Crippen molar-refractivity contribution in [1.82, 2.24) is 13.9 Å². The van der Waals surface area contributed by atoms with Gasteiger partial charge in [0.15, 0.2) is 0 Å². The van der Waals surface area contributed by atoms with Crippen LogP contribution in [0.2, 0.25) is 0 Å². The van der Waals surface area contributed by atoms with E-state index in [-0.39, 0.29) is 11.8 Å². The fraction of sp³-hybridized carbons (Fsp3) is 0.933. The fourth-order valence-corrected chi connectivity index (χ4v) is 5.44. The molecule has 1 amide bonds. The van der Waals surface area contributed by atoms with E-state index in [1.165, 1.54) is 27.9 Å². The lowest BCUT2D eigenvalue weighted by Gasteiger charge is -2.33. The highest BCUT2D eigenvalue weighted by molar-refractivity contribution is 7.86. The van der Waals surface area contributed by atoms with E-state index in [2.05, 4.69) is 5.32 Å². The van der Waals surface area contributed by atoms with E-state index in [0.717, 1.165) is 12.3 Å². The third kappa shape index (κ3) is 3.03. The number of fused-ring (bicyclic) bond motifs is 2. The number of carbonyl (C=O) groups excluding carboxylic acids is 1. The van der Waals surface area contributed by atoms with Crippen LogP contribution >= 0.6 is 0 Å². The Morgan fingerprint density at radius 3 is 2.27 bits per heavy atom. The summed E-state index contributed by atoms with van der Waals surface area (Å²) in [6.45, 7) is 0.880. The molecule has 1 N–H and O–H groups in total. The first-order valence-corrected chi connectivity index (χ1v) is 9.75.